The summed E-state index contributed by atoms with van der Waals surface area (Å²) < 4.78 is 0. The van der Waals surface area contributed by atoms with E-state index in [1.54, 1.807) is 11.8 Å². The van der Waals surface area contributed by atoms with Crippen LogP contribution < -0.4 is 0 Å². The number of hydrogen-bond acceptors (Lipinski definition) is 1. The molecule has 0 saturated carbocycles. The first-order chi connectivity index (χ1) is 4.31. The molecule has 0 aliphatic rings. The molecule has 0 bridgehead atoms. The van der Waals surface area contributed by atoms with Crippen molar-refractivity contribution in [1.29, 1.82) is 0 Å². The summed E-state index contributed by atoms with van der Waals surface area (Å²) >= 11 is 1.55. The molecule has 1 nitrogen and oxygen atoms in total. The Morgan fingerprint density at radius 1 is 1.33 bits per heavy atom. The maximum atomic E-state index is 10.8. The fourth-order valence-corrected chi connectivity index (χ4v) is 1.47. The van der Waals surface area contributed by atoms with Gasteiger partial charge in [0, 0.05) is 0 Å². The quantitative estimate of drug-likeness (QED) is 0.547. The average Bonchev–Trinajstić information content (AvgIpc) is 1.85. The SMILES string of the molecule is CCCSC([O])CCC. The Morgan fingerprint density at radius 3 is 2.44 bits per heavy atom. The van der Waals surface area contributed by atoms with Crippen LogP contribution in [0.15, 0.2) is 0 Å². The fraction of sp³-hybridized carbons (Fsp3) is 1.00. The zero-order valence-corrected chi connectivity index (χ0v) is 7.04. The van der Waals surface area contributed by atoms with E-state index in [0.29, 0.717) is 0 Å². The summed E-state index contributed by atoms with van der Waals surface area (Å²) in [7, 11) is 0. The van der Waals surface area contributed by atoms with Crippen LogP contribution in [0.1, 0.15) is 33.1 Å². The number of hydrogen-bond donors (Lipinski definition) is 0. The van der Waals surface area contributed by atoms with Crippen molar-refractivity contribution in [3.05, 3.63) is 0 Å². The van der Waals surface area contributed by atoms with E-state index in [1.807, 2.05) is 0 Å². The maximum Gasteiger partial charge on any atom is 0.138 e. The zero-order valence-electron chi connectivity index (χ0n) is 6.22. The predicted molar refractivity (Wildman–Crippen MR) is 42.1 cm³/mol. The van der Waals surface area contributed by atoms with Gasteiger partial charge in [-0.2, -0.15) is 0 Å². The van der Waals surface area contributed by atoms with Gasteiger partial charge in [-0.1, -0.05) is 20.3 Å². The van der Waals surface area contributed by atoms with Gasteiger partial charge in [0.25, 0.3) is 0 Å². The Labute approximate surface area is 61.8 Å². The molecule has 55 valence electrons. The number of rotatable bonds is 5. The third kappa shape index (κ3) is 6.19. The van der Waals surface area contributed by atoms with E-state index in [2.05, 4.69) is 13.8 Å². The van der Waals surface area contributed by atoms with Crippen molar-refractivity contribution < 1.29 is 5.11 Å². The first kappa shape index (κ1) is 9.31. The van der Waals surface area contributed by atoms with E-state index in [1.165, 1.54) is 0 Å². The molecule has 9 heavy (non-hydrogen) atoms. The van der Waals surface area contributed by atoms with Crippen molar-refractivity contribution in [2.24, 2.45) is 0 Å². The van der Waals surface area contributed by atoms with Gasteiger partial charge < -0.3 is 0 Å². The second kappa shape index (κ2) is 6.43. The molecule has 0 spiro atoms. The molecule has 0 saturated heterocycles. The van der Waals surface area contributed by atoms with Crippen molar-refractivity contribution >= 4 is 11.8 Å². The van der Waals surface area contributed by atoms with Gasteiger partial charge in [-0.25, -0.2) is 5.11 Å². The van der Waals surface area contributed by atoms with Crippen molar-refractivity contribution in [2.45, 2.75) is 38.5 Å². The second-order valence-electron chi connectivity index (χ2n) is 2.09. The molecule has 0 heterocycles. The van der Waals surface area contributed by atoms with Crippen molar-refractivity contribution in [3.8, 4) is 0 Å². The molecule has 0 amide bonds. The van der Waals surface area contributed by atoms with Gasteiger partial charge in [0.1, 0.15) is 5.44 Å². The van der Waals surface area contributed by atoms with Crippen LogP contribution in [0.4, 0.5) is 0 Å². The maximum absolute atomic E-state index is 10.8. The lowest BCUT2D eigenvalue weighted by Crippen LogP contribution is -1.97. The van der Waals surface area contributed by atoms with Crippen LogP contribution in [-0.4, -0.2) is 11.2 Å². The fourth-order valence-electron chi connectivity index (χ4n) is 0.568. The lowest BCUT2D eigenvalue weighted by molar-refractivity contribution is 0.156. The van der Waals surface area contributed by atoms with Crippen LogP contribution in [0, 0.1) is 0 Å². The largest absolute Gasteiger partial charge is 0.221 e. The van der Waals surface area contributed by atoms with Crippen LogP contribution in [-0.2, 0) is 5.11 Å². The van der Waals surface area contributed by atoms with Gasteiger partial charge in [-0.15, -0.1) is 11.8 Å². The Morgan fingerprint density at radius 2 is 2.00 bits per heavy atom. The summed E-state index contributed by atoms with van der Waals surface area (Å²) in [5, 5.41) is 10.8. The van der Waals surface area contributed by atoms with Gasteiger partial charge in [-0.3, -0.25) is 0 Å². The van der Waals surface area contributed by atoms with E-state index in [9.17, 15) is 5.11 Å². The van der Waals surface area contributed by atoms with Crippen molar-refractivity contribution in [2.75, 3.05) is 5.75 Å². The minimum Gasteiger partial charge on any atom is -0.221 e. The highest BCUT2D eigenvalue weighted by molar-refractivity contribution is 7.99. The minimum absolute atomic E-state index is 0.366. The lowest BCUT2D eigenvalue weighted by Gasteiger charge is -2.03. The van der Waals surface area contributed by atoms with Crippen LogP contribution in [0.2, 0.25) is 0 Å². The monoisotopic (exact) mass is 147 g/mol. The predicted octanol–water partition coefficient (Wildman–Crippen LogP) is 2.69. The third-order valence-electron chi connectivity index (χ3n) is 1.03. The molecule has 0 N–H and O–H groups in total. The molecule has 0 aliphatic carbocycles. The molecule has 0 aromatic heterocycles. The van der Waals surface area contributed by atoms with Gasteiger partial charge >= 0.3 is 0 Å². The van der Waals surface area contributed by atoms with Crippen molar-refractivity contribution in [3.63, 3.8) is 0 Å². The second-order valence-corrected chi connectivity index (χ2v) is 3.36. The summed E-state index contributed by atoms with van der Waals surface area (Å²) in [6.07, 6.45) is 2.96. The Kier molecular flexibility index (Phi) is 6.65. The molecule has 1 unspecified atom stereocenters. The molecule has 0 aromatic carbocycles. The summed E-state index contributed by atoms with van der Waals surface area (Å²) in [5.41, 5.74) is -0.366. The minimum atomic E-state index is -0.366. The summed E-state index contributed by atoms with van der Waals surface area (Å²) in [6.45, 7) is 4.16. The average molecular weight is 147 g/mol. The molecule has 0 rings (SSSR count). The highest BCUT2D eigenvalue weighted by atomic mass is 32.2. The van der Waals surface area contributed by atoms with Crippen LogP contribution in [0.25, 0.3) is 0 Å². The van der Waals surface area contributed by atoms with Gasteiger partial charge in [0.05, 0.1) is 0 Å². The molecule has 0 aromatic rings. The molecular formula is C7H15OS. The van der Waals surface area contributed by atoms with E-state index in [0.717, 1.165) is 25.0 Å². The molecule has 1 radical (unpaired) electrons. The Balaban J connectivity index is 2.95. The van der Waals surface area contributed by atoms with Crippen LogP contribution in [0.5, 0.6) is 0 Å². The summed E-state index contributed by atoms with van der Waals surface area (Å²) in [5.74, 6) is 1.02. The molecule has 2 heteroatoms. The van der Waals surface area contributed by atoms with Gasteiger partial charge in [0.2, 0.25) is 0 Å². The Bertz CT molecular complexity index is 56.9. The third-order valence-corrected chi connectivity index (χ3v) is 2.28. The summed E-state index contributed by atoms with van der Waals surface area (Å²) in [6, 6.07) is 0. The summed E-state index contributed by atoms with van der Waals surface area (Å²) in [4.78, 5) is 0. The van der Waals surface area contributed by atoms with Crippen LogP contribution >= 0.6 is 11.8 Å². The first-order valence-electron chi connectivity index (χ1n) is 3.58. The highest BCUT2D eigenvalue weighted by Gasteiger charge is 2.02. The number of thioether (sulfide) groups is 1. The van der Waals surface area contributed by atoms with E-state index in [4.69, 9.17) is 0 Å². The van der Waals surface area contributed by atoms with Crippen molar-refractivity contribution in [1.82, 2.24) is 0 Å². The first-order valence-corrected chi connectivity index (χ1v) is 4.63. The Hall–Kier alpha value is 0.310. The standard InChI is InChI=1S/C7H15OS/c1-3-5-7(8)9-6-4-2/h7H,3-6H2,1-2H3. The van der Waals surface area contributed by atoms with E-state index in [-0.39, 0.29) is 5.44 Å². The smallest absolute Gasteiger partial charge is 0.138 e. The molecule has 0 aliphatic heterocycles. The molecule has 1 atom stereocenters. The lowest BCUT2D eigenvalue weighted by atomic mass is 10.4. The topological polar surface area (TPSA) is 19.9 Å². The van der Waals surface area contributed by atoms with Gasteiger partial charge in [0.15, 0.2) is 0 Å². The van der Waals surface area contributed by atoms with Crippen LogP contribution in [0.3, 0.4) is 0 Å². The zero-order chi connectivity index (χ0) is 7.11. The molecule has 0 fully saturated rings. The van der Waals surface area contributed by atoms with Gasteiger partial charge in [-0.05, 0) is 18.6 Å². The molecular weight excluding hydrogens is 132 g/mol. The normalized spacial score (nSPS) is 13.7. The van der Waals surface area contributed by atoms with E-state index >= 15 is 0 Å². The van der Waals surface area contributed by atoms with E-state index < -0.39 is 0 Å². The highest BCUT2D eigenvalue weighted by Crippen LogP contribution is 2.14.